The van der Waals surface area contributed by atoms with Crippen molar-refractivity contribution in [3.8, 4) is 11.3 Å². The number of aromatic nitrogens is 3. The molecular weight excluding hydrogens is 294 g/mol. The van der Waals surface area contributed by atoms with E-state index >= 15 is 0 Å². The van der Waals surface area contributed by atoms with E-state index in [2.05, 4.69) is 74.0 Å². The molecule has 1 aromatic carbocycles. The lowest BCUT2D eigenvalue weighted by Crippen LogP contribution is -2.32. The molecule has 24 heavy (non-hydrogen) atoms. The first-order valence-electron chi connectivity index (χ1n) is 8.86. The normalized spacial score (nSPS) is 26.9. The van der Waals surface area contributed by atoms with Gasteiger partial charge in [0.05, 0.1) is 11.4 Å². The fourth-order valence-electron chi connectivity index (χ4n) is 5.25. The van der Waals surface area contributed by atoms with Gasteiger partial charge in [-0.3, -0.25) is 0 Å². The highest BCUT2D eigenvalue weighted by atomic mass is 15.1. The highest BCUT2D eigenvalue weighted by Gasteiger charge is 2.60. The van der Waals surface area contributed by atoms with Gasteiger partial charge in [-0.25, -0.2) is 0 Å². The number of aryl methyl sites for hydroxylation is 1. The minimum absolute atomic E-state index is 0.178. The van der Waals surface area contributed by atoms with Gasteiger partial charge in [0.1, 0.15) is 0 Å². The van der Waals surface area contributed by atoms with Gasteiger partial charge >= 0.3 is 0 Å². The number of rotatable bonds is 1. The summed E-state index contributed by atoms with van der Waals surface area (Å²) >= 11 is 0. The van der Waals surface area contributed by atoms with Crippen LogP contribution in [0.2, 0.25) is 0 Å². The molecule has 0 N–H and O–H groups in total. The third kappa shape index (κ3) is 1.49. The standard InChI is InChI=1S/C21H23N3/c1-20(2)16-9-10-21(20,3)19-14(16)11-17(22-23-19)15-12-24(4)18-8-6-5-7-13(15)18/h5-8,11-12,16H,9-10H2,1-4H3. The van der Waals surface area contributed by atoms with E-state index in [4.69, 9.17) is 5.10 Å². The number of fused-ring (bicyclic) bond motifs is 6. The molecule has 2 atom stereocenters. The Balaban J connectivity index is 1.73. The fourth-order valence-corrected chi connectivity index (χ4v) is 5.25. The Hall–Kier alpha value is -2.16. The van der Waals surface area contributed by atoms with Crippen LogP contribution in [0.1, 0.15) is 50.8 Å². The average Bonchev–Trinajstić information content (AvgIpc) is 3.09. The van der Waals surface area contributed by atoms with E-state index < -0.39 is 0 Å². The lowest BCUT2D eigenvalue weighted by Gasteiger charge is -2.33. The van der Waals surface area contributed by atoms with E-state index in [1.807, 2.05) is 0 Å². The highest BCUT2D eigenvalue weighted by molar-refractivity contribution is 5.95. The van der Waals surface area contributed by atoms with E-state index in [-0.39, 0.29) is 10.8 Å². The Morgan fingerprint density at radius 3 is 2.75 bits per heavy atom. The van der Waals surface area contributed by atoms with Crippen LogP contribution >= 0.6 is 0 Å². The molecule has 2 aliphatic carbocycles. The molecule has 0 saturated heterocycles. The smallest absolute Gasteiger partial charge is 0.0954 e. The van der Waals surface area contributed by atoms with E-state index in [0.717, 1.165) is 5.69 Å². The summed E-state index contributed by atoms with van der Waals surface area (Å²) in [5.41, 5.74) is 6.58. The Labute approximate surface area is 142 Å². The van der Waals surface area contributed by atoms with Gasteiger partial charge < -0.3 is 4.57 Å². The van der Waals surface area contributed by atoms with Crippen molar-refractivity contribution in [3.63, 3.8) is 0 Å². The summed E-state index contributed by atoms with van der Waals surface area (Å²) in [5.74, 6) is 0.613. The third-order valence-electron chi connectivity index (χ3n) is 7.12. The molecule has 3 aromatic rings. The van der Waals surface area contributed by atoms with E-state index in [1.165, 1.54) is 40.6 Å². The topological polar surface area (TPSA) is 30.7 Å². The van der Waals surface area contributed by atoms with Crippen LogP contribution in [-0.2, 0) is 12.5 Å². The zero-order chi connectivity index (χ0) is 16.7. The maximum Gasteiger partial charge on any atom is 0.0954 e. The van der Waals surface area contributed by atoms with E-state index in [9.17, 15) is 0 Å². The van der Waals surface area contributed by atoms with Gasteiger partial charge in [-0.1, -0.05) is 39.0 Å². The maximum absolute atomic E-state index is 4.74. The van der Waals surface area contributed by atoms with Gasteiger partial charge in [0.15, 0.2) is 0 Å². The van der Waals surface area contributed by atoms with Crippen LogP contribution in [0.15, 0.2) is 36.5 Å². The quantitative estimate of drug-likeness (QED) is 0.645. The van der Waals surface area contributed by atoms with Crippen molar-refractivity contribution < 1.29 is 0 Å². The maximum atomic E-state index is 4.74. The molecule has 0 spiro atoms. The van der Waals surface area contributed by atoms with Gasteiger partial charge in [-0.2, -0.15) is 10.2 Å². The van der Waals surface area contributed by atoms with Crippen LogP contribution in [0.25, 0.3) is 22.2 Å². The van der Waals surface area contributed by atoms with Crippen LogP contribution in [0.4, 0.5) is 0 Å². The van der Waals surface area contributed by atoms with Gasteiger partial charge in [-0.05, 0) is 41.9 Å². The first-order chi connectivity index (χ1) is 11.4. The first-order valence-corrected chi connectivity index (χ1v) is 8.86. The lowest BCUT2D eigenvalue weighted by molar-refractivity contribution is 0.226. The molecule has 2 unspecified atom stereocenters. The van der Waals surface area contributed by atoms with Gasteiger partial charge in [0.25, 0.3) is 0 Å². The Morgan fingerprint density at radius 1 is 1.12 bits per heavy atom. The van der Waals surface area contributed by atoms with Crippen molar-refractivity contribution in [2.45, 2.75) is 44.9 Å². The molecule has 2 aliphatic rings. The largest absolute Gasteiger partial charge is 0.350 e. The minimum Gasteiger partial charge on any atom is -0.350 e. The summed E-state index contributed by atoms with van der Waals surface area (Å²) in [5, 5.41) is 10.6. The molecular formula is C21H23N3. The fraction of sp³-hybridized carbons (Fsp3) is 0.429. The predicted octanol–water partition coefficient (Wildman–Crippen LogP) is 4.81. The minimum atomic E-state index is 0.178. The highest BCUT2D eigenvalue weighted by Crippen LogP contribution is 2.67. The predicted molar refractivity (Wildman–Crippen MR) is 97.1 cm³/mol. The molecule has 122 valence electrons. The number of hydrogen-bond donors (Lipinski definition) is 0. The van der Waals surface area contributed by atoms with Crippen LogP contribution < -0.4 is 0 Å². The van der Waals surface area contributed by atoms with Crippen LogP contribution in [0.5, 0.6) is 0 Å². The van der Waals surface area contributed by atoms with Crippen LogP contribution in [0.3, 0.4) is 0 Å². The molecule has 2 heterocycles. The summed E-state index contributed by atoms with van der Waals surface area (Å²) in [7, 11) is 2.10. The van der Waals surface area contributed by atoms with Crippen molar-refractivity contribution >= 4 is 10.9 Å². The number of hydrogen-bond acceptors (Lipinski definition) is 2. The second kappa shape index (κ2) is 4.27. The molecule has 2 bridgehead atoms. The van der Waals surface area contributed by atoms with Crippen molar-refractivity contribution in [2.24, 2.45) is 12.5 Å². The molecule has 0 radical (unpaired) electrons. The second-order valence-corrected chi connectivity index (χ2v) is 8.35. The van der Waals surface area contributed by atoms with Crippen molar-refractivity contribution in [1.82, 2.24) is 14.8 Å². The summed E-state index contributed by atoms with van der Waals surface area (Å²) in [4.78, 5) is 0. The second-order valence-electron chi connectivity index (χ2n) is 8.35. The van der Waals surface area contributed by atoms with Crippen LogP contribution in [0, 0.1) is 5.41 Å². The van der Waals surface area contributed by atoms with Crippen molar-refractivity contribution in [1.29, 1.82) is 0 Å². The monoisotopic (exact) mass is 317 g/mol. The molecule has 3 nitrogen and oxygen atoms in total. The zero-order valence-electron chi connectivity index (χ0n) is 14.8. The Bertz CT molecular complexity index is 982. The number of benzene rings is 1. The molecule has 1 fully saturated rings. The Morgan fingerprint density at radius 2 is 1.92 bits per heavy atom. The molecule has 3 heteroatoms. The third-order valence-corrected chi connectivity index (χ3v) is 7.12. The average molecular weight is 317 g/mol. The molecule has 5 rings (SSSR count). The lowest BCUT2D eigenvalue weighted by atomic mass is 9.70. The van der Waals surface area contributed by atoms with Crippen molar-refractivity contribution in [3.05, 3.63) is 47.8 Å². The van der Waals surface area contributed by atoms with Crippen LogP contribution in [-0.4, -0.2) is 14.8 Å². The number of nitrogens with zero attached hydrogens (tertiary/aromatic N) is 3. The first kappa shape index (κ1) is 14.2. The van der Waals surface area contributed by atoms with E-state index in [0.29, 0.717) is 5.92 Å². The molecule has 0 aliphatic heterocycles. The SMILES string of the molecule is Cn1cc(-c2cc3c(nn2)C2(C)CCC3C2(C)C)c2ccccc21. The van der Waals surface area contributed by atoms with E-state index in [1.54, 1.807) is 0 Å². The summed E-state index contributed by atoms with van der Waals surface area (Å²) in [6.07, 6.45) is 4.69. The number of para-hydroxylation sites is 1. The summed E-state index contributed by atoms with van der Waals surface area (Å²) < 4.78 is 2.18. The molecule has 0 amide bonds. The van der Waals surface area contributed by atoms with Gasteiger partial charge in [0.2, 0.25) is 0 Å². The Kier molecular flexibility index (Phi) is 2.53. The van der Waals surface area contributed by atoms with Crippen molar-refractivity contribution in [2.75, 3.05) is 0 Å². The zero-order valence-corrected chi connectivity index (χ0v) is 14.8. The van der Waals surface area contributed by atoms with Gasteiger partial charge in [-0.15, -0.1) is 0 Å². The summed E-state index contributed by atoms with van der Waals surface area (Å²) in [6.45, 7) is 7.19. The molecule has 2 aromatic heterocycles. The summed E-state index contributed by atoms with van der Waals surface area (Å²) in [6, 6.07) is 10.8. The molecule has 1 saturated carbocycles. The van der Waals surface area contributed by atoms with Gasteiger partial charge in [0, 0.05) is 35.1 Å².